The van der Waals surface area contributed by atoms with Crippen molar-refractivity contribution in [3.8, 4) is 0 Å². The Labute approximate surface area is 132 Å². The second-order valence-electron chi connectivity index (χ2n) is 8.58. The molecule has 4 aliphatic carbocycles. The molecule has 3 heteroatoms. The molecule has 0 saturated heterocycles. The molecule has 3 saturated carbocycles. The predicted octanol–water partition coefficient (Wildman–Crippen LogP) is 3.06. The standard InChI is InChI=1S/C19H26O3/c1-18-8-7-12(20)9-11(18)3-4-13-14-5-6-16(22)19(14,2)10-15(21)17(13)18/h9,13-14,16-17,22H,3-8,10H2,1-2H3/t13-,14-,16-,17+,18+,19+/m1/s1. The maximum Gasteiger partial charge on any atom is 0.155 e. The van der Waals surface area contributed by atoms with Gasteiger partial charge in [0.25, 0.3) is 0 Å². The van der Waals surface area contributed by atoms with Gasteiger partial charge in [0.1, 0.15) is 5.78 Å². The Morgan fingerprint density at radius 3 is 2.68 bits per heavy atom. The summed E-state index contributed by atoms with van der Waals surface area (Å²) in [6.45, 7) is 4.34. The molecule has 0 aromatic carbocycles. The van der Waals surface area contributed by atoms with Gasteiger partial charge in [-0.05, 0) is 55.4 Å². The van der Waals surface area contributed by atoms with Crippen LogP contribution in [0.5, 0.6) is 0 Å². The number of allylic oxidation sites excluding steroid dienone is 1. The van der Waals surface area contributed by atoms with Crippen molar-refractivity contribution in [1.29, 1.82) is 0 Å². The van der Waals surface area contributed by atoms with Gasteiger partial charge in [-0.1, -0.05) is 19.4 Å². The van der Waals surface area contributed by atoms with E-state index in [9.17, 15) is 14.7 Å². The largest absolute Gasteiger partial charge is 0.393 e. The molecular weight excluding hydrogens is 276 g/mol. The van der Waals surface area contributed by atoms with E-state index in [0.29, 0.717) is 30.5 Å². The molecule has 0 bridgehead atoms. The van der Waals surface area contributed by atoms with Crippen LogP contribution in [0.25, 0.3) is 0 Å². The van der Waals surface area contributed by atoms with Crippen molar-refractivity contribution in [2.24, 2.45) is 28.6 Å². The predicted molar refractivity (Wildman–Crippen MR) is 83.1 cm³/mol. The van der Waals surface area contributed by atoms with Gasteiger partial charge in [0.05, 0.1) is 6.10 Å². The average Bonchev–Trinajstić information content (AvgIpc) is 2.75. The van der Waals surface area contributed by atoms with E-state index in [0.717, 1.165) is 32.1 Å². The third-order valence-electron chi connectivity index (χ3n) is 7.60. The summed E-state index contributed by atoms with van der Waals surface area (Å²) in [5.74, 6) is 1.52. The van der Waals surface area contributed by atoms with Gasteiger partial charge in [-0.2, -0.15) is 0 Å². The van der Waals surface area contributed by atoms with Crippen molar-refractivity contribution in [3.63, 3.8) is 0 Å². The molecule has 4 rings (SSSR count). The van der Waals surface area contributed by atoms with E-state index in [-0.39, 0.29) is 28.6 Å². The lowest BCUT2D eigenvalue weighted by atomic mass is 9.47. The van der Waals surface area contributed by atoms with Crippen LogP contribution in [0, 0.1) is 28.6 Å². The van der Waals surface area contributed by atoms with E-state index in [4.69, 9.17) is 0 Å². The molecule has 120 valence electrons. The summed E-state index contributed by atoms with van der Waals surface area (Å²) in [7, 11) is 0. The first-order valence-electron chi connectivity index (χ1n) is 8.81. The smallest absolute Gasteiger partial charge is 0.155 e. The number of hydrogen-bond acceptors (Lipinski definition) is 3. The number of fused-ring (bicyclic) bond motifs is 5. The van der Waals surface area contributed by atoms with Gasteiger partial charge in [0.2, 0.25) is 0 Å². The Bertz CT molecular complexity index is 577. The fourth-order valence-corrected chi connectivity index (χ4v) is 6.36. The average molecular weight is 302 g/mol. The zero-order valence-corrected chi connectivity index (χ0v) is 13.6. The molecule has 0 aromatic heterocycles. The van der Waals surface area contributed by atoms with Gasteiger partial charge in [0, 0.05) is 24.2 Å². The van der Waals surface area contributed by atoms with E-state index in [1.807, 2.05) is 6.08 Å². The summed E-state index contributed by atoms with van der Waals surface area (Å²) >= 11 is 0. The molecule has 0 spiro atoms. The van der Waals surface area contributed by atoms with Gasteiger partial charge in [-0.15, -0.1) is 0 Å². The van der Waals surface area contributed by atoms with Crippen LogP contribution in [0.15, 0.2) is 11.6 Å². The Morgan fingerprint density at radius 1 is 1.14 bits per heavy atom. The third kappa shape index (κ3) is 1.72. The van der Waals surface area contributed by atoms with Crippen molar-refractivity contribution < 1.29 is 14.7 Å². The first kappa shape index (κ1) is 14.6. The minimum absolute atomic E-state index is 0.0731. The normalized spacial score (nSPS) is 51.0. The molecule has 6 atom stereocenters. The molecule has 0 heterocycles. The summed E-state index contributed by atoms with van der Waals surface area (Å²) in [6.07, 6.45) is 7.33. The van der Waals surface area contributed by atoms with Crippen LogP contribution in [-0.4, -0.2) is 22.8 Å². The van der Waals surface area contributed by atoms with Crippen LogP contribution in [0.3, 0.4) is 0 Å². The molecule has 0 radical (unpaired) electrons. The number of ketones is 2. The van der Waals surface area contributed by atoms with Crippen molar-refractivity contribution in [3.05, 3.63) is 11.6 Å². The van der Waals surface area contributed by atoms with E-state index in [2.05, 4.69) is 13.8 Å². The third-order valence-corrected chi connectivity index (χ3v) is 7.60. The summed E-state index contributed by atoms with van der Waals surface area (Å²) < 4.78 is 0. The van der Waals surface area contributed by atoms with Crippen molar-refractivity contribution in [2.45, 2.75) is 64.9 Å². The lowest BCUT2D eigenvalue weighted by Gasteiger charge is -2.56. The van der Waals surface area contributed by atoms with Crippen molar-refractivity contribution in [2.75, 3.05) is 0 Å². The Balaban J connectivity index is 1.76. The highest BCUT2D eigenvalue weighted by atomic mass is 16.3. The van der Waals surface area contributed by atoms with Gasteiger partial charge >= 0.3 is 0 Å². The van der Waals surface area contributed by atoms with Crippen LogP contribution < -0.4 is 0 Å². The van der Waals surface area contributed by atoms with E-state index in [1.54, 1.807) is 0 Å². The van der Waals surface area contributed by atoms with E-state index in [1.165, 1.54) is 5.57 Å². The summed E-state index contributed by atoms with van der Waals surface area (Å²) in [6, 6.07) is 0. The van der Waals surface area contributed by atoms with Gasteiger partial charge < -0.3 is 5.11 Å². The number of Topliss-reactive ketones (excluding diaryl/α,β-unsaturated/α-hetero) is 1. The molecule has 3 nitrogen and oxygen atoms in total. The summed E-state index contributed by atoms with van der Waals surface area (Å²) in [5.41, 5.74) is 0.906. The van der Waals surface area contributed by atoms with E-state index >= 15 is 0 Å². The van der Waals surface area contributed by atoms with Crippen LogP contribution >= 0.6 is 0 Å². The minimum Gasteiger partial charge on any atom is -0.393 e. The zero-order valence-electron chi connectivity index (χ0n) is 13.6. The van der Waals surface area contributed by atoms with Crippen molar-refractivity contribution >= 4 is 11.6 Å². The quantitative estimate of drug-likeness (QED) is 0.748. The fourth-order valence-electron chi connectivity index (χ4n) is 6.36. The van der Waals surface area contributed by atoms with Gasteiger partial charge in [-0.3, -0.25) is 9.59 Å². The highest BCUT2D eigenvalue weighted by Crippen LogP contribution is 2.64. The maximum atomic E-state index is 13.0. The molecule has 1 N–H and O–H groups in total. The molecular formula is C19H26O3. The number of aliphatic hydroxyl groups is 1. The molecule has 0 aromatic rings. The number of rotatable bonds is 0. The van der Waals surface area contributed by atoms with Crippen LogP contribution in [-0.2, 0) is 9.59 Å². The molecule has 0 unspecified atom stereocenters. The lowest BCUT2D eigenvalue weighted by Crippen LogP contribution is -2.55. The first-order chi connectivity index (χ1) is 10.4. The highest BCUT2D eigenvalue weighted by molar-refractivity contribution is 5.93. The monoisotopic (exact) mass is 302 g/mol. The van der Waals surface area contributed by atoms with Gasteiger partial charge in [0.15, 0.2) is 5.78 Å². The second kappa shape index (κ2) is 4.53. The summed E-state index contributed by atoms with van der Waals surface area (Å²) in [4.78, 5) is 24.8. The maximum absolute atomic E-state index is 13.0. The Kier molecular flexibility index (Phi) is 3.01. The van der Waals surface area contributed by atoms with Crippen LogP contribution in [0.2, 0.25) is 0 Å². The molecule has 0 aliphatic heterocycles. The fraction of sp³-hybridized carbons (Fsp3) is 0.789. The SMILES string of the molecule is C[C@]12CC(=O)[C@@H]3[C@H](CCC4=CC(=O)CC[C@@]43C)[C@H]1CC[C@H]2O. The van der Waals surface area contributed by atoms with Crippen LogP contribution in [0.1, 0.15) is 58.8 Å². The Hall–Kier alpha value is -0.960. The number of hydrogen-bond donors (Lipinski definition) is 1. The molecule has 22 heavy (non-hydrogen) atoms. The van der Waals surface area contributed by atoms with Crippen LogP contribution in [0.4, 0.5) is 0 Å². The molecule has 4 aliphatic rings. The number of carbonyl (C=O) groups excluding carboxylic acids is 2. The molecule has 3 fully saturated rings. The topological polar surface area (TPSA) is 54.4 Å². The lowest BCUT2D eigenvalue weighted by molar-refractivity contribution is -0.148. The summed E-state index contributed by atoms with van der Waals surface area (Å²) in [5, 5.41) is 10.4. The number of carbonyl (C=O) groups is 2. The zero-order chi connectivity index (χ0) is 15.7. The van der Waals surface area contributed by atoms with Crippen molar-refractivity contribution in [1.82, 2.24) is 0 Å². The number of aliphatic hydroxyl groups excluding tert-OH is 1. The second-order valence-corrected chi connectivity index (χ2v) is 8.58. The minimum atomic E-state index is -0.319. The Morgan fingerprint density at radius 2 is 1.91 bits per heavy atom. The highest BCUT2D eigenvalue weighted by Gasteiger charge is 2.61. The molecule has 0 amide bonds. The first-order valence-corrected chi connectivity index (χ1v) is 8.81. The van der Waals surface area contributed by atoms with E-state index < -0.39 is 0 Å². The van der Waals surface area contributed by atoms with Gasteiger partial charge in [-0.25, -0.2) is 0 Å².